The zero-order valence-electron chi connectivity index (χ0n) is 11.9. The minimum atomic E-state index is 0.528. The minimum Gasteiger partial charge on any atom is -0.486 e. The first-order valence-electron chi connectivity index (χ1n) is 6.92. The third kappa shape index (κ3) is 2.98. The van der Waals surface area contributed by atoms with Crippen LogP contribution in [0.3, 0.4) is 0 Å². The summed E-state index contributed by atoms with van der Waals surface area (Å²) in [6.45, 7) is 1.16. The molecule has 0 saturated heterocycles. The van der Waals surface area contributed by atoms with Crippen molar-refractivity contribution >= 4 is 55.1 Å². The Morgan fingerprint density at radius 3 is 2.83 bits per heavy atom. The van der Waals surface area contributed by atoms with Crippen LogP contribution in [-0.2, 0) is 5.75 Å². The molecule has 1 aromatic carbocycles. The van der Waals surface area contributed by atoms with Crippen molar-refractivity contribution in [2.24, 2.45) is 0 Å². The van der Waals surface area contributed by atoms with E-state index in [2.05, 4.69) is 25.9 Å². The smallest absolute Gasteiger partial charge is 0.191 e. The van der Waals surface area contributed by atoms with Crippen LogP contribution in [0.4, 0.5) is 5.82 Å². The van der Waals surface area contributed by atoms with E-state index in [1.165, 1.54) is 0 Å². The molecule has 0 unspecified atom stereocenters. The fourth-order valence-corrected chi connectivity index (χ4v) is 4.60. The van der Waals surface area contributed by atoms with Crippen LogP contribution in [0, 0.1) is 0 Å². The summed E-state index contributed by atoms with van der Waals surface area (Å²) in [5, 5.41) is 3.57. The van der Waals surface area contributed by atoms with Gasteiger partial charge in [-0.1, -0.05) is 27.7 Å². The first-order chi connectivity index (χ1) is 11.2. The van der Waals surface area contributed by atoms with Crippen LogP contribution in [0.1, 0.15) is 5.56 Å². The van der Waals surface area contributed by atoms with Crippen LogP contribution in [0.2, 0.25) is 0 Å². The van der Waals surface area contributed by atoms with Crippen molar-refractivity contribution in [1.82, 2.24) is 9.97 Å². The topological polar surface area (TPSA) is 70.3 Å². The molecule has 1 aliphatic heterocycles. The van der Waals surface area contributed by atoms with E-state index in [4.69, 9.17) is 15.2 Å². The van der Waals surface area contributed by atoms with Crippen LogP contribution in [-0.4, -0.2) is 23.2 Å². The Morgan fingerprint density at radius 1 is 1.22 bits per heavy atom. The lowest BCUT2D eigenvalue weighted by Gasteiger charge is -2.19. The summed E-state index contributed by atoms with van der Waals surface area (Å²) in [4.78, 5) is 9.84. The zero-order valence-corrected chi connectivity index (χ0v) is 15.1. The number of ether oxygens (including phenoxy) is 2. The van der Waals surface area contributed by atoms with E-state index in [-0.39, 0.29) is 0 Å². The highest BCUT2D eigenvalue weighted by Crippen LogP contribution is 2.37. The number of anilines is 1. The maximum atomic E-state index is 5.99. The van der Waals surface area contributed by atoms with E-state index in [1.54, 1.807) is 23.1 Å². The molecule has 23 heavy (non-hydrogen) atoms. The Labute approximate surface area is 149 Å². The van der Waals surface area contributed by atoms with E-state index in [9.17, 15) is 0 Å². The Hall–Kier alpha value is -1.51. The first kappa shape index (κ1) is 15.0. The lowest BCUT2D eigenvalue weighted by molar-refractivity contribution is 0.171. The van der Waals surface area contributed by atoms with Gasteiger partial charge in [-0.15, -0.1) is 11.3 Å². The number of thioether (sulfide) groups is 1. The molecular formula is C15H12BrN3O2S2. The fourth-order valence-electron chi connectivity index (χ4n) is 2.28. The number of thiophene rings is 1. The van der Waals surface area contributed by atoms with E-state index >= 15 is 0 Å². The van der Waals surface area contributed by atoms with Gasteiger partial charge in [-0.25, -0.2) is 9.97 Å². The van der Waals surface area contributed by atoms with Gasteiger partial charge in [-0.2, -0.15) is 0 Å². The molecule has 2 aromatic heterocycles. The van der Waals surface area contributed by atoms with Crippen molar-refractivity contribution in [1.29, 1.82) is 0 Å². The maximum Gasteiger partial charge on any atom is 0.191 e. The Bertz CT molecular complexity index is 885. The van der Waals surface area contributed by atoms with Gasteiger partial charge in [0.25, 0.3) is 0 Å². The van der Waals surface area contributed by atoms with Crippen molar-refractivity contribution in [3.8, 4) is 11.5 Å². The summed E-state index contributed by atoms with van der Waals surface area (Å²) in [7, 11) is 0. The molecule has 0 spiro atoms. The summed E-state index contributed by atoms with van der Waals surface area (Å²) < 4.78 is 12.2. The molecule has 0 amide bonds. The summed E-state index contributed by atoms with van der Waals surface area (Å²) in [5.74, 6) is 2.80. The van der Waals surface area contributed by atoms with Crippen LogP contribution in [0.25, 0.3) is 10.2 Å². The average molecular weight is 410 g/mol. The number of nitrogen functional groups attached to an aromatic ring is 1. The van der Waals surface area contributed by atoms with Crippen molar-refractivity contribution in [2.75, 3.05) is 18.9 Å². The third-order valence-electron chi connectivity index (χ3n) is 3.40. The number of fused-ring (bicyclic) bond motifs is 2. The predicted octanol–water partition coefficient (Wildman–Crippen LogP) is 4.10. The highest BCUT2D eigenvalue weighted by Gasteiger charge is 2.15. The highest BCUT2D eigenvalue weighted by atomic mass is 79.9. The largest absolute Gasteiger partial charge is 0.486 e. The number of benzene rings is 1. The van der Waals surface area contributed by atoms with Gasteiger partial charge >= 0.3 is 0 Å². The van der Waals surface area contributed by atoms with Crippen molar-refractivity contribution in [3.63, 3.8) is 0 Å². The lowest BCUT2D eigenvalue weighted by atomic mass is 10.2. The third-order valence-corrected chi connectivity index (χ3v) is 5.84. The van der Waals surface area contributed by atoms with Crippen LogP contribution < -0.4 is 15.2 Å². The molecule has 5 nitrogen and oxygen atoms in total. The average Bonchev–Trinajstić information content (AvgIpc) is 3.02. The standard InChI is InChI=1S/C15H12BrN3O2S2/c16-10-6-12-11(20-2-3-21-12)5-8(10)7-23-15-18-13(17)9-1-4-22-14(9)19-15/h1,4-6H,2-3,7H2,(H2,17,18,19). The Morgan fingerprint density at radius 2 is 2.00 bits per heavy atom. The van der Waals surface area contributed by atoms with E-state index in [0.29, 0.717) is 29.9 Å². The van der Waals surface area contributed by atoms with E-state index in [1.807, 2.05) is 23.6 Å². The molecular weight excluding hydrogens is 398 g/mol. The molecule has 2 N–H and O–H groups in total. The van der Waals surface area contributed by atoms with Gasteiger partial charge in [-0.05, 0) is 29.1 Å². The maximum absolute atomic E-state index is 5.99. The summed E-state index contributed by atoms with van der Waals surface area (Å²) >= 11 is 6.70. The molecule has 118 valence electrons. The van der Waals surface area contributed by atoms with Crippen LogP contribution >= 0.6 is 39.0 Å². The molecule has 0 aliphatic carbocycles. The molecule has 1 aliphatic rings. The van der Waals surface area contributed by atoms with Gasteiger partial charge in [0.1, 0.15) is 23.9 Å². The fraction of sp³-hybridized carbons (Fsp3) is 0.200. The molecule has 3 heterocycles. The van der Waals surface area contributed by atoms with Gasteiger partial charge < -0.3 is 15.2 Å². The molecule has 0 saturated carbocycles. The number of hydrogen-bond donors (Lipinski definition) is 1. The zero-order chi connectivity index (χ0) is 15.8. The predicted molar refractivity (Wildman–Crippen MR) is 96.5 cm³/mol. The number of nitrogens with zero attached hydrogens (tertiary/aromatic N) is 2. The Kier molecular flexibility index (Phi) is 4.04. The van der Waals surface area contributed by atoms with E-state index in [0.717, 1.165) is 31.8 Å². The van der Waals surface area contributed by atoms with E-state index < -0.39 is 0 Å². The summed E-state index contributed by atoms with van der Waals surface area (Å²) in [6.07, 6.45) is 0. The molecule has 3 aromatic rings. The number of nitrogens with two attached hydrogens (primary N) is 1. The van der Waals surface area contributed by atoms with Gasteiger partial charge in [0.15, 0.2) is 16.7 Å². The summed E-state index contributed by atoms with van der Waals surface area (Å²) in [6, 6.07) is 5.89. The SMILES string of the molecule is Nc1nc(SCc2cc3c(cc2Br)OCCO3)nc2sccc12. The molecule has 0 atom stereocenters. The van der Waals surface area contributed by atoms with Crippen LogP contribution in [0.5, 0.6) is 11.5 Å². The first-order valence-corrected chi connectivity index (χ1v) is 9.58. The number of rotatable bonds is 3. The highest BCUT2D eigenvalue weighted by molar-refractivity contribution is 9.10. The number of aromatic nitrogens is 2. The number of hydrogen-bond acceptors (Lipinski definition) is 7. The van der Waals surface area contributed by atoms with Gasteiger partial charge in [0.2, 0.25) is 0 Å². The van der Waals surface area contributed by atoms with Gasteiger partial charge in [0, 0.05) is 10.2 Å². The van der Waals surface area contributed by atoms with Crippen molar-refractivity contribution < 1.29 is 9.47 Å². The molecule has 0 bridgehead atoms. The normalized spacial score (nSPS) is 13.4. The van der Waals surface area contributed by atoms with Crippen molar-refractivity contribution in [3.05, 3.63) is 33.6 Å². The number of halogens is 1. The lowest BCUT2D eigenvalue weighted by Crippen LogP contribution is -2.15. The Balaban J connectivity index is 1.58. The van der Waals surface area contributed by atoms with Crippen LogP contribution in [0.15, 0.2) is 33.2 Å². The molecule has 0 fully saturated rings. The minimum absolute atomic E-state index is 0.528. The monoisotopic (exact) mass is 409 g/mol. The van der Waals surface area contributed by atoms with Gasteiger partial charge in [-0.3, -0.25) is 0 Å². The van der Waals surface area contributed by atoms with Crippen molar-refractivity contribution in [2.45, 2.75) is 10.9 Å². The second-order valence-corrected chi connectivity index (χ2v) is 7.60. The molecule has 8 heteroatoms. The molecule has 4 rings (SSSR count). The van der Waals surface area contributed by atoms with Gasteiger partial charge in [0.05, 0.1) is 5.39 Å². The quantitative estimate of drug-likeness (QED) is 0.518. The second kappa shape index (κ2) is 6.18. The summed E-state index contributed by atoms with van der Waals surface area (Å²) in [5.41, 5.74) is 7.09. The molecule has 0 radical (unpaired) electrons. The second-order valence-electron chi connectivity index (χ2n) is 4.91.